The molecule has 1 aliphatic heterocycles. The van der Waals surface area contributed by atoms with Crippen LogP contribution in [0.25, 0.3) is 0 Å². The van der Waals surface area contributed by atoms with Crippen LogP contribution < -0.4 is 14.2 Å². The minimum absolute atomic E-state index is 0.0574. The average molecular weight is 386 g/mol. The van der Waals surface area contributed by atoms with Crippen LogP contribution in [-0.2, 0) is 5.41 Å². The van der Waals surface area contributed by atoms with Crippen molar-refractivity contribution in [3.63, 3.8) is 0 Å². The first-order valence-electron chi connectivity index (χ1n) is 9.80. The molecule has 152 valence electrons. The predicted molar refractivity (Wildman–Crippen MR) is 110 cm³/mol. The van der Waals surface area contributed by atoms with E-state index in [1.165, 1.54) is 5.56 Å². The molecule has 0 spiro atoms. The minimum Gasteiger partial charge on any atom is -0.491 e. The molecule has 2 atom stereocenters. The van der Waals surface area contributed by atoms with Gasteiger partial charge in [-0.15, -0.1) is 0 Å². The molecule has 0 amide bonds. The Morgan fingerprint density at radius 1 is 1.11 bits per heavy atom. The summed E-state index contributed by atoms with van der Waals surface area (Å²) in [6, 6.07) is 15.8. The van der Waals surface area contributed by atoms with Gasteiger partial charge in [0.25, 0.3) is 0 Å². The van der Waals surface area contributed by atoms with Crippen LogP contribution in [0.1, 0.15) is 26.3 Å². The Hall–Kier alpha value is -2.24. The molecular weight excluding hydrogens is 354 g/mol. The van der Waals surface area contributed by atoms with Crippen molar-refractivity contribution in [1.29, 1.82) is 0 Å². The van der Waals surface area contributed by atoms with Crippen molar-refractivity contribution in [2.45, 2.75) is 38.4 Å². The number of nitrogens with zero attached hydrogens (tertiary/aromatic N) is 1. The van der Waals surface area contributed by atoms with Gasteiger partial charge in [-0.05, 0) is 42.3 Å². The summed E-state index contributed by atoms with van der Waals surface area (Å²) in [5.41, 5.74) is 1.38. The molecule has 3 rings (SSSR count). The molecule has 0 saturated heterocycles. The molecule has 2 unspecified atom stereocenters. The zero-order valence-electron chi connectivity index (χ0n) is 17.2. The largest absolute Gasteiger partial charge is 0.491 e. The topological polar surface area (TPSA) is 51.2 Å². The molecule has 2 aromatic carbocycles. The number of aliphatic hydroxyl groups is 1. The van der Waals surface area contributed by atoms with Crippen molar-refractivity contribution in [3.05, 3.63) is 54.1 Å². The van der Waals surface area contributed by atoms with Crippen molar-refractivity contribution in [3.8, 4) is 17.2 Å². The lowest BCUT2D eigenvalue weighted by molar-refractivity contribution is 0.0374. The summed E-state index contributed by atoms with van der Waals surface area (Å²) in [5.74, 6) is 2.33. The highest BCUT2D eigenvalue weighted by molar-refractivity contribution is 5.40. The number of rotatable bonds is 7. The highest BCUT2D eigenvalue weighted by Gasteiger charge is 2.22. The summed E-state index contributed by atoms with van der Waals surface area (Å²) in [6.45, 7) is 8.48. The van der Waals surface area contributed by atoms with E-state index in [4.69, 9.17) is 14.2 Å². The number of para-hydroxylation sites is 2. The first-order valence-corrected chi connectivity index (χ1v) is 9.80. The second-order valence-corrected chi connectivity index (χ2v) is 8.46. The van der Waals surface area contributed by atoms with Gasteiger partial charge in [0.05, 0.1) is 0 Å². The van der Waals surface area contributed by atoms with Gasteiger partial charge in [0.15, 0.2) is 11.5 Å². The molecule has 0 radical (unpaired) electrons. The number of hydrogen-bond acceptors (Lipinski definition) is 5. The molecular formula is C23H31NO4. The van der Waals surface area contributed by atoms with Crippen LogP contribution in [0.4, 0.5) is 0 Å². The fraction of sp³-hybridized carbons (Fsp3) is 0.478. The van der Waals surface area contributed by atoms with E-state index in [1.807, 2.05) is 48.3 Å². The number of hydrogen-bond donors (Lipinski definition) is 1. The molecule has 1 aliphatic rings. The number of ether oxygens (including phenoxy) is 3. The number of likely N-dealkylation sites (N-methyl/N-ethyl adjacent to an activating group) is 1. The fourth-order valence-corrected chi connectivity index (χ4v) is 3.23. The first-order chi connectivity index (χ1) is 13.3. The Labute approximate surface area is 167 Å². The van der Waals surface area contributed by atoms with E-state index >= 15 is 0 Å². The van der Waals surface area contributed by atoms with Gasteiger partial charge in [0, 0.05) is 13.1 Å². The van der Waals surface area contributed by atoms with Crippen molar-refractivity contribution < 1.29 is 19.3 Å². The van der Waals surface area contributed by atoms with E-state index < -0.39 is 6.10 Å². The van der Waals surface area contributed by atoms with Crippen LogP contribution >= 0.6 is 0 Å². The third kappa shape index (κ3) is 5.63. The monoisotopic (exact) mass is 385 g/mol. The lowest BCUT2D eigenvalue weighted by Crippen LogP contribution is -2.42. The van der Waals surface area contributed by atoms with Gasteiger partial charge in [-0.25, -0.2) is 0 Å². The van der Waals surface area contributed by atoms with Crippen LogP contribution in [0.15, 0.2) is 48.5 Å². The summed E-state index contributed by atoms with van der Waals surface area (Å²) >= 11 is 0. The smallest absolute Gasteiger partial charge is 0.161 e. The maximum Gasteiger partial charge on any atom is 0.161 e. The third-order valence-corrected chi connectivity index (χ3v) is 4.77. The Kier molecular flexibility index (Phi) is 6.47. The first kappa shape index (κ1) is 20.5. The molecule has 0 aromatic heterocycles. The number of aliphatic hydroxyl groups excluding tert-OH is 1. The molecule has 0 aliphatic carbocycles. The molecule has 0 fully saturated rings. The van der Waals surface area contributed by atoms with E-state index in [2.05, 4.69) is 32.9 Å². The van der Waals surface area contributed by atoms with Gasteiger partial charge in [-0.2, -0.15) is 0 Å². The van der Waals surface area contributed by atoms with Crippen molar-refractivity contribution >= 4 is 0 Å². The van der Waals surface area contributed by atoms with Gasteiger partial charge in [-0.3, -0.25) is 4.90 Å². The van der Waals surface area contributed by atoms with E-state index in [1.54, 1.807) is 0 Å². The highest BCUT2D eigenvalue weighted by Crippen LogP contribution is 2.31. The maximum absolute atomic E-state index is 10.3. The van der Waals surface area contributed by atoms with Crippen molar-refractivity contribution in [2.75, 3.05) is 33.4 Å². The summed E-state index contributed by atoms with van der Waals surface area (Å²) in [4.78, 5) is 2.04. The fourth-order valence-electron chi connectivity index (χ4n) is 3.23. The van der Waals surface area contributed by atoms with Crippen LogP contribution in [0, 0.1) is 0 Å². The normalized spacial score (nSPS) is 17.4. The SMILES string of the molecule is CN(CC(O)COc1ccc(C(C)(C)C)cc1)CC1COc2ccccc2O1. The van der Waals surface area contributed by atoms with Gasteiger partial charge in [0.1, 0.15) is 31.2 Å². The van der Waals surface area contributed by atoms with E-state index in [9.17, 15) is 5.11 Å². The molecule has 5 nitrogen and oxygen atoms in total. The second kappa shape index (κ2) is 8.84. The Bertz CT molecular complexity index is 754. The Balaban J connectivity index is 1.41. The number of fused-ring (bicyclic) bond motifs is 1. The Morgan fingerprint density at radius 3 is 2.46 bits per heavy atom. The molecule has 1 heterocycles. The van der Waals surface area contributed by atoms with Crippen LogP contribution in [0.5, 0.6) is 17.2 Å². The predicted octanol–water partition coefficient (Wildman–Crippen LogP) is 3.50. The van der Waals surface area contributed by atoms with Gasteiger partial charge < -0.3 is 19.3 Å². The average Bonchev–Trinajstić information content (AvgIpc) is 2.66. The molecule has 5 heteroatoms. The third-order valence-electron chi connectivity index (χ3n) is 4.77. The van der Waals surface area contributed by atoms with Gasteiger partial charge in [0.2, 0.25) is 0 Å². The highest BCUT2D eigenvalue weighted by atomic mass is 16.6. The van der Waals surface area contributed by atoms with Crippen LogP contribution in [0.2, 0.25) is 0 Å². The molecule has 1 N–H and O–H groups in total. The number of benzene rings is 2. The molecule has 28 heavy (non-hydrogen) atoms. The summed E-state index contributed by atoms with van der Waals surface area (Å²) in [6.07, 6.45) is -0.637. The molecule has 0 saturated carbocycles. The maximum atomic E-state index is 10.3. The Morgan fingerprint density at radius 2 is 1.79 bits per heavy atom. The standard InChI is InChI=1S/C23H31NO4/c1-23(2,3)17-9-11-19(12-10-17)26-15-18(25)13-24(4)14-20-16-27-21-7-5-6-8-22(21)28-20/h5-12,18,20,25H,13-16H2,1-4H3. The minimum atomic E-state index is -0.580. The lowest BCUT2D eigenvalue weighted by Gasteiger charge is -2.30. The van der Waals surface area contributed by atoms with E-state index in [0.717, 1.165) is 17.2 Å². The van der Waals surface area contributed by atoms with Gasteiger partial charge >= 0.3 is 0 Å². The quantitative estimate of drug-likeness (QED) is 0.791. The molecule has 2 aromatic rings. The zero-order valence-corrected chi connectivity index (χ0v) is 17.2. The zero-order chi connectivity index (χ0) is 20.1. The van der Waals surface area contributed by atoms with E-state index in [-0.39, 0.29) is 18.1 Å². The van der Waals surface area contributed by atoms with Crippen LogP contribution in [-0.4, -0.2) is 55.6 Å². The molecule has 0 bridgehead atoms. The summed E-state index contributed by atoms with van der Waals surface area (Å²) in [7, 11) is 1.96. The van der Waals surface area contributed by atoms with Gasteiger partial charge in [-0.1, -0.05) is 45.0 Å². The van der Waals surface area contributed by atoms with Crippen LogP contribution in [0.3, 0.4) is 0 Å². The second-order valence-electron chi connectivity index (χ2n) is 8.46. The van der Waals surface area contributed by atoms with Crippen molar-refractivity contribution in [1.82, 2.24) is 4.90 Å². The van der Waals surface area contributed by atoms with E-state index in [0.29, 0.717) is 19.7 Å². The lowest BCUT2D eigenvalue weighted by atomic mass is 9.87. The van der Waals surface area contributed by atoms with Crippen molar-refractivity contribution in [2.24, 2.45) is 0 Å². The summed E-state index contributed by atoms with van der Waals surface area (Å²) in [5, 5.41) is 10.3. The summed E-state index contributed by atoms with van der Waals surface area (Å²) < 4.78 is 17.5.